The average Bonchev–Trinajstić information content (AvgIpc) is 3.38. The lowest BCUT2D eigenvalue weighted by Gasteiger charge is -2.16. The SMILES string of the molecule is Cc1c(Nc2nccc3nccnc23)cccc1-c1cccc(-c2nc3cc(C=O)cc(C#N)c3o2)c1C. The highest BCUT2D eigenvalue weighted by Crippen LogP contribution is 2.37. The monoisotopic (exact) mass is 496 g/mol. The minimum absolute atomic E-state index is 0.276. The molecule has 0 aliphatic rings. The van der Waals surface area contributed by atoms with Gasteiger partial charge in [-0.2, -0.15) is 5.26 Å². The Balaban J connectivity index is 1.43. The summed E-state index contributed by atoms with van der Waals surface area (Å²) in [4.78, 5) is 29.2. The van der Waals surface area contributed by atoms with Gasteiger partial charge in [0.25, 0.3) is 0 Å². The number of anilines is 2. The number of aldehydes is 1. The quantitative estimate of drug-likeness (QED) is 0.267. The molecule has 6 aromatic rings. The van der Waals surface area contributed by atoms with Gasteiger partial charge in [0.15, 0.2) is 11.4 Å². The maximum Gasteiger partial charge on any atom is 0.227 e. The Hall–Kier alpha value is -5.42. The van der Waals surface area contributed by atoms with Crippen molar-refractivity contribution in [2.75, 3.05) is 5.32 Å². The van der Waals surface area contributed by atoms with E-state index < -0.39 is 0 Å². The third-order valence-electron chi connectivity index (χ3n) is 6.60. The van der Waals surface area contributed by atoms with Crippen LogP contribution < -0.4 is 5.32 Å². The van der Waals surface area contributed by atoms with Gasteiger partial charge >= 0.3 is 0 Å². The Labute approximate surface area is 217 Å². The van der Waals surface area contributed by atoms with Crippen molar-refractivity contribution < 1.29 is 9.21 Å². The molecule has 1 N–H and O–H groups in total. The maximum atomic E-state index is 11.3. The summed E-state index contributed by atoms with van der Waals surface area (Å²) < 4.78 is 6.04. The van der Waals surface area contributed by atoms with E-state index in [1.54, 1.807) is 24.7 Å². The van der Waals surface area contributed by atoms with E-state index in [2.05, 4.69) is 50.4 Å². The average molecular weight is 497 g/mol. The highest BCUT2D eigenvalue weighted by atomic mass is 16.3. The fourth-order valence-electron chi connectivity index (χ4n) is 4.66. The van der Waals surface area contributed by atoms with E-state index in [0.717, 1.165) is 39.0 Å². The molecule has 3 heterocycles. The second-order valence-electron chi connectivity index (χ2n) is 8.83. The molecule has 3 aromatic carbocycles. The lowest BCUT2D eigenvalue weighted by molar-refractivity contribution is 0.112. The first-order valence-electron chi connectivity index (χ1n) is 11.9. The smallest absolute Gasteiger partial charge is 0.227 e. The fourth-order valence-corrected chi connectivity index (χ4v) is 4.66. The summed E-state index contributed by atoms with van der Waals surface area (Å²) in [5.74, 6) is 1.03. The highest BCUT2D eigenvalue weighted by molar-refractivity contribution is 5.91. The number of carbonyl (C=O) groups is 1. The van der Waals surface area contributed by atoms with Crippen LogP contribution in [0.5, 0.6) is 0 Å². The number of nitrogens with one attached hydrogen (secondary N) is 1. The van der Waals surface area contributed by atoms with E-state index in [0.29, 0.717) is 40.2 Å². The topological polar surface area (TPSA) is 118 Å². The van der Waals surface area contributed by atoms with Crippen molar-refractivity contribution >= 4 is 39.9 Å². The Bertz CT molecular complexity index is 1910. The molecule has 8 nitrogen and oxygen atoms in total. The molecule has 0 spiro atoms. The highest BCUT2D eigenvalue weighted by Gasteiger charge is 2.18. The molecule has 0 unspecified atom stereocenters. The van der Waals surface area contributed by atoms with Crippen molar-refractivity contribution in [3.8, 4) is 28.7 Å². The normalized spacial score (nSPS) is 11.0. The molecule has 8 heteroatoms. The summed E-state index contributed by atoms with van der Waals surface area (Å²) in [6.07, 6.45) is 5.72. The minimum Gasteiger partial charge on any atom is -0.435 e. The molecule has 0 aliphatic heterocycles. The number of benzene rings is 3. The molecule has 0 fully saturated rings. The standard InChI is InChI=1S/C30H20N6O2/c1-17-21(5-3-7-23(17)30-36-26-14-19(16-37)13-20(15-31)28(26)38-30)22-6-4-8-24(18(22)2)35-29-27-25(9-10-34-29)32-11-12-33-27/h3-14,16H,1-2H3,(H,34,35). The summed E-state index contributed by atoms with van der Waals surface area (Å²) in [6, 6.07) is 19.1. The molecule has 0 bridgehead atoms. The Morgan fingerprint density at radius 3 is 2.45 bits per heavy atom. The van der Waals surface area contributed by atoms with Crippen LogP contribution in [0.4, 0.5) is 11.5 Å². The summed E-state index contributed by atoms with van der Waals surface area (Å²) in [6.45, 7) is 4.07. The van der Waals surface area contributed by atoms with Crippen LogP contribution in [0.1, 0.15) is 27.0 Å². The third-order valence-corrected chi connectivity index (χ3v) is 6.60. The van der Waals surface area contributed by atoms with Crippen LogP contribution >= 0.6 is 0 Å². The number of hydrogen-bond donors (Lipinski definition) is 1. The molecular formula is C30H20N6O2. The molecular weight excluding hydrogens is 476 g/mol. The summed E-state index contributed by atoms with van der Waals surface area (Å²) in [5.41, 5.74) is 8.73. The van der Waals surface area contributed by atoms with Crippen molar-refractivity contribution in [3.63, 3.8) is 0 Å². The number of pyridine rings is 1. The second-order valence-corrected chi connectivity index (χ2v) is 8.83. The van der Waals surface area contributed by atoms with E-state index in [1.165, 1.54) is 6.07 Å². The molecule has 0 radical (unpaired) electrons. The Morgan fingerprint density at radius 1 is 0.868 bits per heavy atom. The molecule has 0 atom stereocenters. The van der Waals surface area contributed by atoms with Gasteiger partial charge in [-0.05, 0) is 66.4 Å². The number of carbonyl (C=O) groups excluding carboxylic acids is 1. The first-order chi connectivity index (χ1) is 18.6. The third kappa shape index (κ3) is 3.83. The van der Waals surface area contributed by atoms with Crippen molar-refractivity contribution in [2.45, 2.75) is 13.8 Å². The van der Waals surface area contributed by atoms with Crippen molar-refractivity contribution in [1.29, 1.82) is 5.26 Å². The van der Waals surface area contributed by atoms with E-state index in [4.69, 9.17) is 4.42 Å². The number of hydrogen-bond acceptors (Lipinski definition) is 8. The Kier molecular flexibility index (Phi) is 5.59. The minimum atomic E-state index is 0.276. The van der Waals surface area contributed by atoms with Crippen LogP contribution in [-0.4, -0.2) is 26.2 Å². The van der Waals surface area contributed by atoms with Crippen LogP contribution in [0.2, 0.25) is 0 Å². The van der Waals surface area contributed by atoms with Gasteiger partial charge in [-0.15, -0.1) is 0 Å². The van der Waals surface area contributed by atoms with E-state index in [1.807, 2.05) is 37.3 Å². The van der Waals surface area contributed by atoms with Gasteiger partial charge in [0.2, 0.25) is 5.89 Å². The van der Waals surface area contributed by atoms with Crippen LogP contribution in [0.25, 0.3) is 44.7 Å². The van der Waals surface area contributed by atoms with Crippen molar-refractivity contribution in [3.05, 3.63) is 95.4 Å². The van der Waals surface area contributed by atoms with Crippen LogP contribution in [0.3, 0.4) is 0 Å². The Morgan fingerprint density at radius 2 is 1.63 bits per heavy atom. The van der Waals surface area contributed by atoms with E-state index >= 15 is 0 Å². The maximum absolute atomic E-state index is 11.3. The number of oxazole rings is 1. The number of nitrogens with zero attached hydrogens (tertiary/aromatic N) is 5. The van der Waals surface area contributed by atoms with Gasteiger partial charge in [-0.3, -0.25) is 9.78 Å². The molecule has 6 rings (SSSR count). The molecule has 0 aliphatic carbocycles. The van der Waals surface area contributed by atoms with Crippen molar-refractivity contribution in [2.24, 2.45) is 0 Å². The zero-order valence-electron chi connectivity index (χ0n) is 20.6. The van der Waals surface area contributed by atoms with Crippen LogP contribution in [0.15, 0.2) is 77.6 Å². The van der Waals surface area contributed by atoms with E-state index in [-0.39, 0.29) is 5.56 Å². The molecule has 0 saturated carbocycles. The predicted molar refractivity (Wildman–Crippen MR) is 145 cm³/mol. The first-order valence-corrected chi connectivity index (χ1v) is 11.9. The number of aromatic nitrogens is 4. The number of rotatable bonds is 5. The van der Waals surface area contributed by atoms with Gasteiger partial charge in [0.1, 0.15) is 23.4 Å². The lowest BCUT2D eigenvalue weighted by Crippen LogP contribution is -2.00. The molecule has 182 valence electrons. The first kappa shape index (κ1) is 23.0. The molecule has 0 amide bonds. The van der Waals surface area contributed by atoms with Gasteiger partial charge < -0.3 is 9.73 Å². The second kappa shape index (κ2) is 9.22. The van der Waals surface area contributed by atoms with Crippen LogP contribution in [0, 0.1) is 25.2 Å². The summed E-state index contributed by atoms with van der Waals surface area (Å²) >= 11 is 0. The molecule has 3 aromatic heterocycles. The largest absolute Gasteiger partial charge is 0.435 e. The van der Waals surface area contributed by atoms with Crippen molar-refractivity contribution in [1.82, 2.24) is 19.9 Å². The van der Waals surface area contributed by atoms with Crippen LogP contribution in [-0.2, 0) is 0 Å². The zero-order valence-corrected chi connectivity index (χ0v) is 20.6. The van der Waals surface area contributed by atoms with Gasteiger partial charge in [0, 0.05) is 35.4 Å². The zero-order chi connectivity index (χ0) is 26.2. The predicted octanol–water partition coefficient (Wildman–Crippen LogP) is 6.54. The van der Waals surface area contributed by atoms with Gasteiger partial charge in [-0.1, -0.05) is 24.3 Å². The lowest BCUT2D eigenvalue weighted by atomic mass is 9.93. The fraction of sp³-hybridized carbons (Fsp3) is 0.0667. The number of nitriles is 1. The van der Waals surface area contributed by atoms with Gasteiger partial charge in [0.05, 0.1) is 11.1 Å². The van der Waals surface area contributed by atoms with E-state index in [9.17, 15) is 10.1 Å². The summed E-state index contributed by atoms with van der Waals surface area (Å²) in [5, 5.41) is 13.0. The molecule has 0 saturated heterocycles. The molecule has 38 heavy (non-hydrogen) atoms. The number of fused-ring (bicyclic) bond motifs is 2. The summed E-state index contributed by atoms with van der Waals surface area (Å²) in [7, 11) is 0. The van der Waals surface area contributed by atoms with Gasteiger partial charge in [-0.25, -0.2) is 15.0 Å².